The van der Waals surface area contributed by atoms with Crippen molar-refractivity contribution in [1.82, 2.24) is 10.2 Å². The van der Waals surface area contributed by atoms with E-state index in [0.29, 0.717) is 34.6 Å². The van der Waals surface area contributed by atoms with Gasteiger partial charge in [-0.2, -0.15) is 0 Å². The van der Waals surface area contributed by atoms with Crippen LogP contribution in [0.1, 0.15) is 18.7 Å². The molecule has 0 fully saturated rings. The van der Waals surface area contributed by atoms with Gasteiger partial charge in [-0.1, -0.05) is 13.0 Å². The van der Waals surface area contributed by atoms with Crippen molar-refractivity contribution in [3.63, 3.8) is 0 Å². The second-order valence-electron chi connectivity index (χ2n) is 3.92. The zero-order chi connectivity index (χ0) is 14.5. The molecule has 20 heavy (non-hydrogen) atoms. The average molecular weight is 296 g/mol. The summed E-state index contributed by atoms with van der Waals surface area (Å²) in [5.41, 5.74) is 0. The van der Waals surface area contributed by atoms with Crippen LogP contribution in [0.3, 0.4) is 0 Å². The van der Waals surface area contributed by atoms with E-state index in [4.69, 9.17) is 13.9 Å². The van der Waals surface area contributed by atoms with E-state index in [0.717, 1.165) is 0 Å². The first-order chi connectivity index (χ1) is 9.69. The molecule has 0 unspecified atom stereocenters. The molecule has 2 aromatic rings. The van der Waals surface area contributed by atoms with Gasteiger partial charge < -0.3 is 13.9 Å². The van der Waals surface area contributed by atoms with Gasteiger partial charge in [-0.05, 0) is 12.1 Å². The Bertz CT molecular complexity index is 590. The third-order valence-electron chi connectivity index (χ3n) is 2.68. The van der Waals surface area contributed by atoms with Crippen LogP contribution in [0.25, 0.3) is 0 Å². The standard InChI is InChI=1S/C13H16N2O4S/c1-4-11-14-15-12(19-11)8-20(16)13-9(17-2)6-5-7-10(13)18-3/h5-7H,4,8H2,1-3H3/t20-/m1/s1. The Hall–Kier alpha value is -1.89. The van der Waals surface area contributed by atoms with Gasteiger partial charge in [0.2, 0.25) is 11.8 Å². The van der Waals surface area contributed by atoms with Crippen molar-refractivity contribution < 1.29 is 18.1 Å². The molecule has 108 valence electrons. The highest BCUT2D eigenvalue weighted by Gasteiger charge is 2.19. The minimum absolute atomic E-state index is 0.129. The lowest BCUT2D eigenvalue weighted by atomic mass is 10.3. The largest absolute Gasteiger partial charge is 0.495 e. The molecule has 1 aromatic carbocycles. The SMILES string of the molecule is CCc1nnc(C[S@@](=O)c2c(OC)cccc2OC)o1. The summed E-state index contributed by atoms with van der Waals surface area (Å²) >= 11 is 0. The first kappa shape index (κ1) is 14.5. The highest BCUT2D eigenvalue weighted by Crippen LogP contribution is 2.32. The predicted molar refractivity (Wildman–Crippen MR) is 73.3 cm³/mol. The van der Waals surface area contributed by atoms with Crippen LogP contribution < -0.4 is 9.47 Å². The Morgan fingerprint density at radius 1 is 1.15 bits per heavy atom. The van der Waals surface area contributed by atoms with E-state index >= 15 is 0 Å². The van der Waals surface area contributed by atoms with E-state index in [1.807, 2.05) is 6.92 Å². The van der Waals surface area contributed by atoms with Crippen molar-refractivity contribution in [3.8, 4) is 11.5 Å². The number of benzene rings is 1. The molecule has 1 heterocycles. The average Bonchev–Trinajstić information content (AvgIpc) is 2.93. The molecule has 0 bridgehead atoms. The van der Waals surface area contributed by atoms with E-state index in [1.54, 1.807) is 18.2 Å². The number of ether oxygens (including phenoxy) is 2. The van der Waals surface area contributed by atoms with Crippen LogP contribution in [-0.2, 0) is 23.0 Å². The summed E-state index contributed by atoms with van der Waals surface area (Å²) in [6.45, 7) is 1.91. The summed E-state index contributed by atoms with van der Waals surface area (Å²) in [5, 5.41) is 7.73. The van der Waals surface area contributed by atoms with Crippen molar-refractivity contribution >= 4 is 10.8 Å². The summed E-state index contributed by atoms with van der Waals surface area (Å²) in [4.78, 5) is 0.494. The second kappa shape index (κ2) is 6.51. The van der Waals surface area contributed by atoms with Crippen molar-refractivity contribution in [1.29, 1.82) is 0 Å². The fourth-order valence-corrected chi connectivity index (χ4v) is 2.95. The summed E-state index contributed by atoms with van der Waals surface area (Å²) in [6, 6.07) is 5.25. The maximum Gasteiger partial charge on any atom is 0.229 e. The van der Waals surface area contributed by atoms with Crippen LogP contribution >= 0.6 is 0 Å². The molecule has 0 saturated heterocycles. The molecule has 0 amide bonds. The first-order valence-corrected chi connectivity index (χ1v) is 7.42. The van der Waals surface area contributed by atoms with Crippen LogP contribution in [0, 0.1) is 0 Å². The van der Waals surface area contributed by atoms with Crippen LogP contribution in [0.5, 0.6) is 11.5 Å². The zero-order valence-corrected chi connectivity index (χ0v) is 12.4. The third-order valence-corrected chi connectivity index (χ3v) is 4.04. The smallest absolute Gasteiger partial charge is 0.229 e. The second-order valence-corrected chi connectivity index (χ2v) is 5.31. The summed E-state index contributed by atoms with van der Waals surface area (Å²) in [6.07, 6.45) is 0.650. The van der Waals surface area contributed by atoms with Crippen LogP contribution in [0.15, 0.2) is 27.5 Å². The highest BCUT2D eigenvalue weighted by molar-refractivity contribution is 7.84. The molecule has 0 radical (unpaired) electrons. The molecule has 6 nitrogen and oxygen atoms in total. The van der Waals surface area contributed by atoms with Gasteiger partial charge in [0.1, 0.15) is 22.1 Å². The van der Waals surface area contributed by atoms with Gasteiger partial charge in [0, 0.05) is 6.42 Å². The zero-order valence-electron chi connectivity index (χ0n) is 11.6. The molecule has 0 aliphatic rings. The van der Waals surface area contributed by atoms with Gasteiger partial charge in [0.25, 0.3) is 0 Å². The van der Waals surface area contributed by atoms with Gasteiger partial charge in [-0.3, -0.25) is 4.21 Å². The lowest BCUT2D eigenvalue weighted by Crippen LogP contribution is -2.02. The van der Waals surface area contributed by atoms with Gasteiger partial charge in [0.15, 0.2) is 0 Å². The van der Waals surface area contributed by atoms with Crippen molar-refractivity contribution in [2.24, 2.45) is 0 Å². The molecule has 0 spiro atoms. The summed E-state index contributed by atoms with van der Waals surface area (Å²) in [7, 11) is 1.66. The normalized spacial score (nSPS) is 12.2. The third kappa shape index (κ3) is 2.98. The van der Waals surface area contributed by atoms with Gasteiger partial charge in [0.05, 0.1) is 25.0 Å². The first-order valence-electron chi connectivity index (χ1n) is 6.10. The fourth-order valence-electron chi connectivity index (χ4n) is 1.72. The fraction of sp³-hybridized carbons (Fsp3) is 0.385. The molecule has 1 aromatic heterocycles. The Balaban J connectivity index is 2.28. The number of nitrogens with zero attached hydrogens (tertiary/aromatic N) is 2. The Morgan fingerprint density at radius 2 is 1.75 bits per heavy atom. The molecule has 0 saturated carbocycles. The topological polar surface area (TPSA) is 74.5 Å². The Labute approximate surface area is 119 Å². The number of methoxy groups -OCH3 is 2. The predicted octanol–water partition coefficient (Wildman–Crippen LogP) is 1.96. The Morgan fingerprint density at radius 3 is 2.25 bits per heavy atom. The molecule has 0 N–H and O–H groups in total. The maximum atomic E-state index is 12.5. The van der Waals surface area contributed by atoms with Gasteiger partial charge in [-0.15, -0.1) is 10.2 Å². The lowest BCUT2D eigenvalue weighted by molar-refractivity contribution is 0.375. The minimum Gasteiger partial charge on any atom is -0.495 e. The molecule has 0 aliphatic carbocycles. The quantitative estimate of drug-likeness (QED) is 0.811. The molecular formula is C13H16N2O4S. The van der Waals surface area contributed by atoms with Gasteiger partial charge in [-0.25, -0.2) is 0 Å². The highest BCUT2D eigenvalue weighted by atomic mass is 32.2. The van der Waals surface area contributed by atoms with E-state index < -0.39 is 10.8 Å². The number of aromatic nitrogens is 2. The molecular weight excluding hydrogens is 280 g/mol. The molecule has 7 heteroatoms. The van der Waals surface area contributed by atoms with E-state index in [2.05, 4.69) is 10.2 Å². The number of hydrogen-bond donors (Lipinski definition) is 0. The van der Waals surface area contributed by atoms with Gasteiger partial charge >= 0.3 is 0 Å². The number of aryl methyl sites for hydroxylation is 1. The molecule has 2 rings (SSSR count). The molecule has 1 atom stereocenters. The summed E-state index contributed by atoms with van der Waals surface area (Å²) in [5.74, 6) is 2.02. The lowest BCUT2D eigenvalue weighted by Gasteiger charge is -2.11. The number of rotatable bonds is 6. The van der Waals surface area contributed by atoms with Crippen LogP contribution in [0.2, 0.25) is 0 Å². The van der Waals surface area contributed by atoms with Crippen LogP contribution in [-0.4, -0.2) is 28.6 Å². The monoisotopic (exact) mass is 296 g/mol. The van der Waals surface area contributed by atoms with E-state index in [1.165, 1.54) is 14.2 Å². The van der Waals surface area contributed by atoms with Crippen molar-refractivity contribution in [2.75, 3.05) is 14.2 Å². The van der Waals surface area contributed by atoms with Crippen LogP contribution in [0.4, 0.5) is 0 Å². The Kier molecular flexibility index (Phi) is 4.73. The molecule has 0 aliphatic heterocycles. The van der Waals surface area contributed by atoms with E-state index in [9.17, 15) is 4.21 Å². The van der Waals surface area contributed by atoms with Crippen molar-refractivity contribution in [2.45, 2.75) is 24.0 Å². The number of hydrogen-bond acceptors (Lipinski definition) is 6. The van der Waals surface area contributed by atoms with E-state index in [-0.39, 0.29) is 5.75 Å². The van der Waals surface area contributed by atoms with Crippen molar-refractivity contribution in [3.05, 3.63) is 30.0 Å². The maximum absolute atomic E-state index is 12.5. The summed E-state index contributed by atoms with van der Waals surface area (Å²) < 4.78 is 28.3. The minimum atomic E-state index is -1.39.